The Balaban J connectivity index is 2.83. The van der Waals surface area contributed by atoms with Crippen molar-refractivity contribution >= 4 is 25.6 Å². The van der Waals surface area contributed by atoms with Crippen LogP contribution in [0.25, 0.3) is 0 Å². The van der Waals surface area contributed by atoms with Crippen LogP contribution >= 0.6 is 10.7 Å². The van der Waals surface area contributed by atoms with E-state index in [4.69, 9.17) is 15.4 Å². The van der Waals surface area contributed by atoms with E-state index in [1.54, 1.807) is 0 Å². The summed E-state index contributed by atoms with van der Waals surface area (Å²) in [5.41, 5.74) is 0. The van der Waals surface area contributed by atoms with Crippen LogP contribution in [0.1, 0.15) is 13.8 Å². The van der Waals surface area contributed by atoms with E-state index in [0.29, 0.717) is 26.3 Å². The van der Waals surface area contributed by atoms with Crippen molar-refractivity contribution < 1.29 is 17.9 Å². The molecular weight excluding hydrogens is 242 g/mol. The first-order chi connectivity index (χ1) is 6.77. The number of amides is 1. The van der Waals surface area contributed by atoms with Crippen molar-refractivity contribution in [1.29, 1.82) is 0 Å². The summed E-state index contributed by atoms with van der Waals surface area (Å²) in [5, 5.41) is 0. The maximum absolute atomic E-state index is 11.9. The highest BCUT2D eigenvalue weighted by atomic mass is 35.7. The van der Waals surface area contributed by atoms with Gasteiger partial charge in [0.25, 0.3) is 0 Å². The van der Waals surface area contributed by atoms with E-state index >= 15 is 0 Å². The summed E-state index contributed by atoms with van der Waals surface area (Å²) in [5.74, 6) is -0.471. The highest BCUT2D eigenvalue weighted by molar-refractivity contribution is 8.15. The molecule has 0 aromatic heterocycles. The molecule has 1 aliphatic rings. The third kappa shape index (κ3) is 2.62. The molecule has 0 aliphatic carbocycles. The molecule has 1 rings (SSSR count). The van der Waals surface area contributed by atoms with Gasteiger partial charge in [-0.3, -0.25) is 4.79 Å². The zero-order valence-electron chi connectivity index (χ0n) is 8.69. The van der Waals surface area contributed by atoms with Gasteiger partial charge >= 0.3 is 0 Å². The molecular formula is C8H14ClNO4S. The number of carbonyl (C=O) groups excluding carboxylic acids is 1. The smallest absolute Gasteiger partial charge is 0.246 e. The molecule has 0 unspecified atom stereocenters. The summed E-state index contributed by atoms with van der Waals surface area (Å²) >= 11 is 0. The van der Waals surface area contributed by atoms with Crippen LogP contribution in [0.3, 0.4) is 0 Å². The van der Waals surface area contributed by atoms with Gasteiger partial charge < -0.3 is 9.64 Å². The minimum absolute atomic E-state index is 0.411. The molecule has 0 saturated carbocycles. The maximum atomic E-state index is 11.9. The van der Waals surface area contributed by atoms with Crippen molar-refractivity contribution in [2.45, 2.75) is 18.6 Å². The van der Waals surface area contributed by atoms with Gasteiger partial charge in [0.1, 0.15) is 0 Å². The van der Waals surface area contributed by atoms with Gasteiger partial charge in [-0.15, -0.1) is 0 Å². The lowest BCUT2D eigenvalue weighted by Gasteiger charge is -2.32. The van der Waals surface area contributed by atoms with E-state index in [0.717, 1.165) is 0 Å². The van der Waals surface area contributed by atoms with Gasteiger partial charge in [-0.05, 0) is 13.8 Å². The monoisotopic (exact) mass is 255 g/mol. The lowest BCUT2D eigenvalue weighted by Crippen LogP contribution is -2.52. The summed E-state index contributed by atoms with van der Waals surface area (Å²) in [6.07, 6.45) is 0. The highest BCUT2D eigenvalue weighted by Crippen LogP contribution is 2.23. The largest absolute Gasteiger partial charge is 0.378 e. The molecule has 0 aromatic rings. The van der Waals surface area contributed by atoms with E-state index in [1.807, 2.05) is 0 Å². The summed E-state index contributed by atoms with van der Waals surface area (Å²) < 4.78 is 25.9. The van der Waals surface area contributed by atoms with Crippen LogP contribution in [0.4, 0.5) is 0 Å². The van der Waals surface area contributed by atoms with Crippen molar-refractivity contribution in [2.24, 2.45) is 0 Å². The van der Waals surface area contributed by atoms with Crippen LogP contribution in [0, 0.1) is 0 Å². The molecule has 0 N–H and O–H groups in total. The third-order valence-electron chi connectivity index (χ3n) is 2.42. The molecule has 0 atom stereocenters. The standard InChI is InChI=1S/C8H14ClNO4S/c1-8(2,15(9,12)13)7(11)10-3-5-14-6-4-10/h3-6H2,1-2H3. The Morgan fingerprint density at radius 1 is 1.33 bits per heavy atom. The minimum Gasteiger partial charge on any atom is -0.378 e. The van der Waals surface area contributed by atoms with Gasteiger partial charge in [-0.25, -0.2) is 8.42 Å². The Bertz CT molecular complexity index is 346. The number of rotatable bonds is 2. The van der Waals surface area contributed by atoms with Gasteiger partial charge in [-0.2, -0.15) is 0 Å². The second-order valence-electron chi connectivity index (χ2n) is 3.85. The molecule has 0 spiro atoms. The third-order valence-corrected chi connectivity index (χ3v) is 4.97. The molecule has 5 nitrogen and oxygen atoms in total. The molecule has 7 heteroatoms. The number of halogens is 1. The zero-order chi connectivity index (χ0) is 11.7. The molecule has 15 heavy (non-hydrogen) atoms. The first-order valence-electron chi connectivity index (χ1n) is 4.58. The molecule has 0 aromatic carbocycles. The predicted molar refractivity (Wildman–Crippen MR) is 56.3 cm³/mol. The Morgan fingerprint density at radius 3 is 2.20 bits per heavy atom. The molecule has 1 heterocycles. The molecule has 1 amide bonds. The Hall–Kier alpha value is -0.330. The summed E-state index contributed by atoms with van der Waals surface area (Å²) in [4.78, 5) is 13.3. The first kappa shape index (κ1) is 12.7. The number of nitrogens with zero attached hydrogens (tertiary/aromatic N) is 1. The van der Waals surface area contributed by atoms with Gasteiger partial charge in [0, 0.05) is 23.8 Å². The summed E-state index contributed by atoms with van der Waals surface area (Å²) in [6.45, 7) is 4.32. The number of hydrogen-bond acceptors (Lipinski definition) is 4. The van der Waals surface area contributed by atoms with Gasteiger partial charge in [0.2, 0.25) is 15.0 Å². The van der Waals surface area contributed by atoms with Crippen molar-refractivity contribution in [3.05, 3.63) is 0 Å². The molecule has 1 aliphatic heterocycles. The predicted octanol–water partition coefficient (Wildman–Crippen LogP) is 0.192. The van der Waals surface area contributed by atoms with E-state index in [1.165, 1.54) is 18.7 Å². The number of carbonyl (C=O) groups is 1. The Labute approximate surface area is 93.8 Å². The van der Waals surface area contributed by atoms with Crippen LogP contribution in [0.2, 0.25) is 0 Å². The molecule has 1 saturated heterocycles. The number of morpholine rings is 1. The Kier molecular flexibility index (Phi) is 3.63. The van der Waals surface area contributed by atoms with E-state index < -0.39 is 19.7 Å². The van der Waals surface area contributed by atoms with Crippen LogP contribution in [-0.2, 0) is 18.6 Å². The zero-order valence-corrected chi connectivity index (χ0v) is 10.3. The van der Waals surface area contributed by atoms with Crippen LogP contribution in [-0.4, -0.2) is 50.3 Å². The summed E-state index contributed by atoms with van der Waals surface area (Å²) in [7, 11) is 1.32. The summed E-state index contributed by atoms with van der Waals surface area (Å²) in [6, 6.07) is 0. The normalized spacial score (nSPS) is 19.0. The van der Waals surface area contributed by atoms with E-state index in [9.17, 15) is 13.2 Å². The van der Waals surface area contributed by atoms with Gasteiger partial charge in [0.05, 0.1) is 13.2 Å². The minimum atomic E-state index is -3.91. The van der Waals surface area contributed by atoms with Crippen LogP contribution < -0.4 is 0 Å². The maximum Gasteiger partial charge on any atom is 0.246 e. The Morgan fingerprint density at radius 2 is 1.80 bits per heavy atom. The topological polar surface area (TPSA) is 63.7 Å². The average Bonchev–Trinajstić information content (AvgIpc) is 2.16. The van der Waals surface area contributed by atoms with Crippen molar-refractivity contribution in [2.75, 3.05) is 26.3 Å². The molecule has 88 valence electrons. The number of hydrogen-bond donors (Lipinski definition) is 0. The molecule has 0 radical (unpaired) electrons. The first-order valence-corrected chi connectivity index (χ1v) is 6.89. The highest BCUT2D eigenvalue weighted by Gasteiger charge is 2.43. The van der Waals surface area contributed by atoms with Gasteiger partial charge in [0.15, 0.2) is 4.75 Å². The van der Waals surface area contributed by atoms with Crippen LogP contribution in [0.15, 0.2) is 0 Å². The van der Waals surface area contributed by atoms with Crippen molar-refractivity contribution in [3.8, 4) is 0 Å². The van der Waals surface area contributed by atoms with Crippen LogP contribution in [0.5, 0.6) is 0 Å². The van der Waals surface area contributed by atoms with E-state index in [-0.39, 0.29) is 0 Å². The van der Waals surface area contributed by atoms with Crippen molar-refractivity contribution in [3.63, 3.8) is 0 Å². The lowest BCUT2D eigenvalue weighted by molar-refractivity contribution is -0.137. The average molecular weight is 256 g/mol. The van der Waals surface area contributed by atoms with Gasteiger partial charge in [-0.1, -0.05) is 0 Å². The second-order valence-corrected chi connectivity index (χ2v) is 6.97. The number of ether oxygens (including phenoxy) is 1. The quantitative estimate of drug-likeness (QED) is 0.661. The molecule has 1 fully saturated rings. The second kappa shape index (κ2) is 4.27. The van der Waals surface area contributed by atoms with E-state index in [2.05, 4.69) is 0 Å². The SMILES string of the molecule is CC(C)(C(=O)N1CCOCC1)S(=O)(=O)Cl. The fourth-order valence-corrected chi connectivity index (χ4v) is 1.79. The molecule has 0 bridgehead atoms. The van der Waals surface area contributed by atoms with Crippen molar-refractivity contribution in [1.82, 2.24) is 4.90 Å². The fourth-order valence-electron chi connectivity index (χ4n) is 1.25. The lowest BCUT2D eigenvalue weighted by atomic mass is 10.1. The fraction of sp³-hybridized carbons (Fsp3) is 0.875.